The molecule has 2 aromatic heterocycles. The third kappa shape index (κ3) is 3.06. The molecule has 0 unspecified atom stereocenters. The van der Waals surface area contributed by atoms with Crippen LogP contribution in [0.3, 0.4) is 0 Å². The minimum atomic E-state index is 0.765. The molecule has 0 fully saturated rings. The maximum absolute atomic E-state index is 4.79. The standard InChI is InChI=1S/C17H16N2S2/c1-3-9-19-15(16-8-5-10-20-16)12-21-17(19)18-14-7-4-6-13(2)11-14/h3-8,10-12H,1,9H2,2H3. The molecule has 0 bridgehead atoms. The topological polar surface area (TPSA) is 17.3 Å². The van der Waals surface area contributed by atoms with Crippen molar-refractivity contribution < 1.29 is 0 Å². The van der Waals surface area contributed by atoms with Crippen LogP contribution in [0, 0.1) is 6.92 Å². The Morgan fingerprint density at radius 1 is 1.24 bits per heavy atom. The SMILES string of the molecule is C=CCn1c(-c2cccs2)csc1=Nc1cccc(C)c1. The molecule has 2 heterocycles. The fourth-order valence-corrected chi connectivity index (χ4v) is 3.91. The molecule has 3 aromatic rings. The Kier molecular flexibility index (Phi) is 4.18. The normalized spacial score (nSPS) is 11.8. The molecule has 3 rings (SSSR count). The zero-order chi connectivity index (χ0) is 14.7. The molecule has 0 spiro atoms. The fourth-order valence-electron chi connectivity index (χ4n) is 2.15. The highest BCUT2D eigenvalue weighted by molar-refractivity contribution is 7.14. The van der Waals surface area contributed by atoms with Crippen LogP contribution in [0.25, 0.3) is 10.6 Å². The predicted molar refractivity (Wildman–Crippen MR) is 92.2 cm³/mol. The van der Waals surface area contributed by atoms with Gasteiger partial charge < -0.3 is 4.57 Å². The van der Waals surface area contributed by atoms with E-state index in [1.54, 1.807) is 22.7 Å². The Hall–Kier alpha value is -1.91. The Labute approximate surface area is 132 Å². The Bertz CT molecular complexity index is 807. The first-order valence-electron chi connectivity index (χ1n) is 6.72. The number of aromatic nitrogens is 1. The van der Waals surface area contributed by atoms with Crippen molar-refractivity contribution in [3.8, 4) is 10.6 Å². The molecular weight excluding hydrogens is 296 g/mol. The number of rotatable bonds is 4. The molecule has 0 atom stereocenters. The van der Waals surface area contributed by atoms with E-state index in [0.29, 0.717) is 0 Å². The van der Waals surface area contributed by atoms with E-state index in [4.69, 9.17) is 4.99 Å². The molecule has 0 N–H and O–H groups in total. The summed E-state index contributed by atoms with van der Waals surface area (Å²) in [5, 5.41) is 4.27. The van der Waals surface area contributed by atoms with Crippen LogP contribution < -0.4 is 4.80 Å². The molecule has 21 heavy (non-hydrogen) atoms. The quantitative estimate of drug-likeness (QED) is 0.603. The summed E-state index contributed by atoms with van der Waals surface area (Å²) < 4.78 is 2.21. The number of allylic oxidation sites excluding steroid dienone is 1. The summed E-state index contributed by atoms with van der Waals surface area (Å²) in [4.78, 5) is 7.06. The molecule has 0 amide bonds. The summed E-state index contributed by atoms with van der Waals surface area (Å²) in [5.41, 5.74) is 3.43. The van der Waals surface area contributed by atoms with E-state index in [2.05, 4.69) is 53.1 Å². The van der Waals surface area contributed by atoms with Gasteiger partial charge in [0.2, 0.25) is 0 Å². The van der Waals surface area contributed by atoms with Crippen LogP contribution >= 0.6 is 22.7 Å². The number of benzene rings is 1. The van der Waals surface area contributed by atoms with Crippen LogP contribution in [0.4, 0.5) is 5.69 Å². The number of hydrogen-bond acceptors (Lipinski definition) is 3. The maximum atomic E-state index is 4.79. The molecule has 0 aliphatic rings. The number of thiophene rings is 1. The highest BCUT2D eigenvalue weighted by atomic mass is 32.1. The van der Waals surface area contributed by atoms with Gasteiger partial charge in [-0.2, -0.15) is 0 Å². The molecule has 0 saturated carbocycles. The second-order valence-electron chi connectivity index (χ2n) is 4.73. The highest BCUT2D eigenvalue weighted by Crippen LogP contribution is 2.25. The average Bonchev–Trinajstić information content (AvgIpc) is 3.10. The van der Waals surface area contributed by atoms with Crippen LogP contribution in [0.15, 0.2) is 64.8 Å². The Morgan fingerprint density at radius 3 is 2.86 bits per heavy atom. The van der Waals surface area contributed by atoms with Crippen molar-refractivity contribution in [2.45, 2.75) is 13.5 Å². The lowest BCUT2D eigenvalue weighted by Crippen LogP contribution is -2.14. The van der Waals surface area contributed by atoms with Crippen LogP contribution in [-0.4, -0.2) is 4.57 Å². The van der Waals surface area contributed by atoms with E-state index >= 15 is 0 Å². The second kappa shape index (κ2) is 6.24. The predicted octanol–water partition coefficient (Wildman–Crippen LogP) is 5.00. The van der Waals surface area contributed by atoms with E-state index in [0.717, 1.165) is 17.0 Å². The lowest BCUT2D eigenvalue weighted by molar-refractivity contribution is 0.802. The van der Waals surface area contributed by atoms with Crippen LogP contribution in [0.2, 0.25) is 0 Å². The van der Waals surface area contributed by atoms with Crippen LogP contribution in [0.5, 0.6) is 0 Å². The molecule has 0 aliphatic heterocycles. The van der Waals surface area contributed by atoms with Crippen molar-refractivity contribution in [1.29, 1.82) is 0 Å². The van der Waals surface area contributed by atoms with E-state index in [9.17, 15) is 0 Å². The molecule has 2 nitrogen and oxygen atoms in total. The molecule has 106 valence electrons. The van der Waals surface area contributed by atoms with Gasteiger partial charge >= 0.3 is 0 Å². The van der Waals surface area contributed by atoms with Crippen LogP contribution in [0.1, 0.15) is 5.56 Å². The zero-order valence-electron chi connectivity index (χ0n) is 11.8. The Morgan fingerprint density at radius 2 is 2.14 bits per heavy atom. The Balaban J connectivity index is 2.13. The van der Waals surface area contributed by atoms with E-state index in [1.165, 1.54) is 16.1 Å². The van der Waals surface area contributed by atoms with Crippen molar-refractivity contribution >= 4 is 28.4 Å². The molecule has 0 saturated heterocycles. The third-order valence-corrected chi connectivity index (χ3v) is 4.87. The lowest BCUT2D eigenvalue weighted by Gasteiger charge is -2.04. The van der Waals surface area contributed by atoms with Crippen molar-refractivity contribution in [3.63, 3.8) is 0 Å². The number of hydrogen-bond donors (Lipinski definition) is 0. The summed E-state index contributed by atoms with van der Waals surface area (Å²) in [7, 11) is 0. The van der Waals surface area contributed by atoms with E-state index in [-0.39, 0.29) is 0 Å². The largest absolute Gasteiger partial charge is 0.312 e. The zero-order valence-corrected chi connectivity index (χ0v) is 13.5. The first-order chi connectivity index (χ1) is 10.3. The summed E-state index contributed by atoms with van der Waals surface area (Å²) in [6, 6.07) is 12.5. The van der Waals surface area contributed by atoms with E-state index < -0.39 is 0 Å². The minimum Gasteiger partial charge on any atom is -0.312 e. The smallest absolute Gasteiger partial charge is 0.190 e. The van der Waals surface area contributed by atoms with Gasteiger partial charge in [-0.3, -0.25) is 0 Å². The molecule has 0 aliphatic carbocycles. The van der Waals surface area contributed by atoms with Gasteiger partial charge in [0.15, 0.2) is 4.80 Å². The van der Waals surface area contributed by atoms with Crippen molar-refractivity contribution in [3.05, 3.63) is 70.2 Å². The minimum absolute atomic E-state index is 0.765. The number of aryl methyl sites for hydroxylation is 1. The van der Waals surface area contributed by atoms with Gasteiger partial charge in [-0.1, -0.05) is 24.3 Å². The van der Waals surface area contributed by atoms with Crippen molar-refractivity contribution in [1.82, 2.24) is 4.57 Å². The highest BCUT2D eigenvalue weighted by Gasteiger charge is 2.07. The first-order valence-corrected chi connectivity index (χ1v) is 8.48. The van der Waals surface area contributed by atoms with E-state index in [1.807, 2.05) is 18.2 Å². The second-order valence-corrected chi connectivity index (χ2v) is 6.52. The summed E-state index contributed by atoms with van der Waals surface area (Å²) >= 11 is 3.42. The van der Waals surface area contributed by atoms with Gasteiger partial charge in [0.25, 0.3) is 0 Å². The first kappa shape index (κ1) is 14.0. The van der Waals surface area contributed by atoms with Gasteiger partial charge in [-0.25, -0.2) is 4.99 Å². The molecular formula is C17H16N2S2. The molecule has 4 heteroatoms. The lowest BCUT2D eigenvalue weighted by atomic mass is 10.2. The van der Waals surface area contributed by atoms with Crippen LogP contribution in [-0.2, 0) is 6.54 Å². The monoisotopic (exact) mass is 312 g/mol. The van der Waals surface area contributed by atoms with Gasteiger partial charge in [0.1, 0.15) is 0 Å². The molecule has 1 aromatic carbocycles. The number of thiazole rings is 1. The van der Waals surface area contributed by atoms with Gasteiger partial charge in [0.05, 0.1) is 16.3 Å². The third-order valence-electron chi connectivity index (χ3n) is 3.11. The fraction of sp³-hybridized carbons (Fsp3) is 0.118. The van der Waals surface area contributed by atoms with Crippen molar-refractivity contribution in [2.24, 2.45) is 4.99 Å². The number of nitrogens with zero attached hydrogens (tertiary/aromatic N) is 2. The summed E-state index contributed by atoms with van der Waals surface area (Å²) in [6.45, 7) is 6.72. The summed E-state index contributed by atoms with van der Waals surface area (Å²) in [6.07, 6.45) is 1.92. The van der Waals surface area contributed by atoms with Gasteiger partial charge in [0, 0.05) is 11.9 Å². The van der Waals surface area contributed by atoms with Gasteiger partial charge in [-0.05, 0) is 36.1 Å². The van der Waals surface area contributed by atoms with Crippen molar-refractivity contribution in [2.75, 3.05) is 0 Å². The maximum Gasteiger partial charge on any atom is 0.190 e. The molecule has 0 radical (unpaired) electrons. The summed E-state index contributed by atoms with van der Waals surface area (Å²) in [5.74, 6) is 0. The van der Waals surface area contributed by atoms with Gasteiger partial charge in [-0.15, -0.1) is 29.3 Å². The average molecular weight is 312 g/mol.